The third-order valence-corrected chi connectivity index (χ3v) is 5.23. The highest BCUT2D eigenvalue weighted by Gasteiger charge is 2.24. The van der Waals surface area contributed by atoms with Crippen molar-refractivity contribution >= 4 is 11.9 Å². The highest BCUT2D eigenvalue weighted by molar-refractivity contribution is 5.86. The predicted octanol–water partition coefficient (Wildman–Crippen LogP) is 1.99. The average Bonchev–Trinajstić information content (AvgIpc) is 3.15. The molecule has 1 fully saturated rings. The number of piperazine rings is 1. The van der Waals surface area contributed by atoms with Crippen LogP contribution in [0, 0.1) is 0 Å². The Labute approximate surface area is 152 Å². The zero-order chi connectivity index (χ0) is 18.1. The Morgan fingerprint density at radius 2 is 1.92 bits per heavy atom. The lowest BCUT2D eigenvalue weighted by Gasteiger charge is -2.38. The van der Waals surface area contributed by atoms with Gasteiger partial charge in [-0.25, -0.2) is 14.8 Å². The van der Waals surface area contributed by atoms with Crippen LogP contribution in [-0.2, 0) is 6.42 Å². The van der Waals surface area contributed by atoms with Gasteiger partial charge in [0, 0.05) is 51.0 Å². The minimum absolute atomic E-state index is 0.111. The molecule has 1 aromatic carbocycles. The van der Waals surface area contributed by atoms with Crippen molar-refractivity contribution in [3.63, 3.8) is 0 Å². The summed E-state index contributed by atoms with van der Waals surface area (Å²) >= 11 is 0. The van der Waals surface area contributed by atoms with Gasteiger partial charge in [0.2, 0.25) is 5.95 Å². The summed E-state index contributed by atoms with van der Waals surface area (Å²) in [5.74, 6) is 0.613. The molecule has 1 N–H and O–H groups in total. The highest BCUT2D eigenvalue weighted by atomic mass is 16.5. The number of aromatic carboxylic acids is 1. The summed E-state index contributed by atoms with van der Waals surface area (Å²) in [7, 11) is 0. The molecule has 2 aliphatic heterocycles. The zero-order valence-corrected chi connectivity index (χ0v) is 14.8. The summed E-state index contributed by atoms with van der Waals surface area (Å²) in [5.41, 5.74) is 2.69. The molecule has 4 rings (SSSR count). The molecule has 1 atom stereocenters. The van der Waals surface area contributed by atoms with E-state index in [9.17, 15) is 4.79 Å². The second kappa shape index (κ2) is 6.92. The van der Waals surface area contributed by atoms with Crippen LogP contribution >= 0.6 is 0 Å². The number of fused-ring (bicyclic) bond motifs is 1. The second-order valence-electron chi connectivity index (χ2n) is 6.74. The van der Waals surface area contributed by atoms with E-state index in [1.165, 1.54) is 23.5 Å². The smallest absolute Gasteiger partial charge is 0.338 e. The fraction of sp³-hybridized carbons (Fsp3) is 0.421. The molecule has 26 heavy (non-hydrogen) atoms. The van der Waals surface area contributed by atoms with Gasteiger partial charge in [0.25, 0.3) is 0 Å². The standard InChI is InChI=1S/C19H22N4O3/c1-13(15-3-2-14-4-9-26-17(14)10-15)22-5-7-23(8-6-22)19-20-11-16(12-21-19)18(24)25/h2-3,10-13H,4-9H2,1H3,(H,24,25). The van der Waals surface area contributed by atoms with Crippen molar-refractivity contribution < 1.29 is 14.6 Å². The lowest BCUT2D eigenvalue weighted by molar-refractivity contribution is 0.0696. The molecule has 136 valence electrons. The number of carbonyl (C=O) groups is 1. The van der Waals surface area contributed by atoms with Gasteiger partial charge in [0.1, 0.15) is 5.75 Å². The molecule has 1 unspecified atom stereocenters. The number of benzene rings is 1. The molecule has 2 aromatic rings. The number of nitrogens with zero attached hydrogens (tertiary/aromatic N) is 4. The van der Waals surface area contributed by atoms with Crippen molar-refractivity contribution in [3.8, 4) is 5.75 Å². The molecule has 0 amide bonds. The summed E-state index contributed by atoms with van der Waals surface area (Å²) in [6.45, 7) is 6.46. The van der Waals surface area contributed by atoms with Crippen LogP contribution in [0.3, 0.4) is 0 Å². The quantitative estimate of drug-likeness (QED) is 0.899. The maximum atomic E-state index is 10.9. The van der Waals surface area contributed by atoms with E-state index >= 15 is 0 Å². The van der Waals surface area contributed by atoms with Crippen LogP contribution in [0.25, 0.3) is 0 Å². The first kappa shape index (κ1) is 16.8. The Hall–Kier alpha value is -2.67. The lowest BCUT2D eigenvalue weighted by atomic mass is 10.0. The lowest BCUT2D eigenvalue weighted by Crippen LogP contribution is -2.47. The summed E-state index contributed by atoms with van der Waals surface area (Å²) in [6.07, 6.45) is 3.73. The Morgan fingerprint density at radius 1 is 1.19 bits per heavy atom. The van der Waals surface area contributed by atoms with Crippen LogP contribution in [-0.4, -0.2) is 58.7 Å². The normalized spacial score (nSPS) is 18.3. The zero-order valence-electron chi connectivity index (χ0n) is 14.8. The van der Waals surface area contributed by atoms with E-state index in [1.807, 2.05) is 0 Å². The third kappa shape index (κ3) is 3.22. The number of ether oxygens (including phenoxy) is 1. The monoisotopic (exact) mass is 354 g/mol. The molecule has 0 aliphatic carbocycles. The maximum Gasteiger partial charge on any atom is 0.338 e. The van der Waals surface area contributed by atoms with Crippen LogP contribution in [0.15, 0.2) is 30.6 Å². The van der Waals surface area contributed by atoms with Gasteiger partial charge in [-0.15, -0.1) is 0 Å². The third-order valence-electron chi connectivity index (χ3n) is 5.23. The summed E-state index contributed by atoms with van der Waals surface area (Å²) in [4.78, 5) is 23.8. The van der Waals surface area contributed by atoms with Crippen molar-refractivity contribution in [1.82, 2.24) is 14.9 Å². The Kier molecular flexibility index (Phi) is 4.46. The number of hydrogen-bond donors (Lipinski definition) is 1. The molecular weight excluding hydrogens is 332 g/mol. The number of carboxylic acids is 1. The molecule has 1 saturated heterocycles. The molecule has 7 heteroatoms. The Balaban J connectivity index is 1.39. The first-order chi connectivity index (χ1) is 12.6. The topological polar surface area (TPSA) is 78.8 Å². The molecule has 7 nitrogen and oxygen atoms in total. The summed E-state index contributed by atoms with van der Waals surface area (Å²) < 4.78 is 5.69. The largest absolute Gasteiger partial charge is 0.493 e. The average molecular weight is 354 g/mol. The highest BCUT2D eigenvalue weighted by Crippen LogP contribution is 2.31. The van der Waals surface area contributed by atoms with Gasteiger partial charge in [-0.1, -0.05) is 12.1 Å². The van der Waals surface area contributed by atoms with E-state index in [0.717, 1.165) is 45.0 Å². The van der Waals surface area contributed by atoms with E-state index in [4.69, 9.17) is 9.84 Å². The van der Waals surface area contributed by atoms with Gasteiger partial charge < -0.3 is 14.7 Å². The minimum Gasteiger partial charge on any atom is -0.493 e. The van der Waals surface area contributed by atoms with Crippen LogP contribution in [0.4, 0.5) is 5.95 Å². The van der Waals surface area contributed by atoms with Crippen molar-refractivity contribution in [2.45, 2.75) is 19.4 Å². The van der Waals surface area contributed by atoms with Crippen molar-refractivity contribution in [3.05, 3.63) is 47.3 Å². The van der Waals surface area contributed by atoms with Gasteiger partial charge in [-0.2, -0.15) is 0 Å². The number of rotatable bonds is 4. The first-order valence-electron chi connectivity index (χ1n) is 8.92. The minimum atomic E-state index is -1.01. The molecular formula is C19H22N4O3. The number of aromatic nitrogens is 2. The molecule has 0 spiro atoms. The first-order valence-corrected chi connectivity index (χ1v) is 8.92. The molecule has 0 saturated carbocycles. The number of anilines is 1. The SMILES string of the molecule is CC(c1ccc2c(c1)OCC2)N1CCN(c2ncc(C(=O)O)cn2)CC1. The van der Waals surface area contributed by atoms with Crippen molar-refractivity contribution in [2.75, 3.05) is 37.7 Å². The molecule has 3 heterocycles. The number of carboxylic acid groups (broad SMARTS) is 1. The molecule has 0 radical (unpaired) electrons. The van der Waals surface area contributed by atoms with E-state index in [0.29, 0.717) is 12.0 Å². The van der Waals surface area contributed by atoms with Gasteiger partial charge in [-0.05, 0) is 24.1 Å². The van der Waals surface area contributed by atoms with Gasteiger partial charge >= 0.3 is 5.97 Å². The van der Waals surface area contributed by atoms with Crippen molar-refractivity contribution in [1.29, 1.82) is 0 Å². The predicted molar refractivity (Wildman–Crippen MR) is 96.8 cm³/mol. The van der Waals surface area contributed by atoms with Crippen LogP contribution in [0.5, 0.6) is 5.75 Å². The summed E-state index contributed by atoms with van der Waals surface area (Å²) in [6, 6.07) is 6.88. The molecule has 1 aromatic heterocycles. The van der Waals surface area contributed by atoms with E-state index in [1.54, 1.807) is 0 Å². The van der Waals surface area contributed by atoms with Gasteiger partial charge in [0.15, 0.2) is 0 Å². The molecule has 0 bridgehead atoms. The van der Waals surface area contributed by atoms with Crippen LogP contribution < -0.4 is 9.64 Å². The Morgan fingerprint density at radius 3 is 2.62 bits per heavy atom. The van der Waals surface area contributed by atoms with Crippen LogP contribution in [0.2, 0.25) is 0 Å². The Bertz CT molecular complexity index is 801. The number of hydrogen-bond acceptors (Lipinski definition) is 6. The molecule has 2 aliphatic rings. The van der Waals surface area contributed by atoms with E-state index < -0.39 is 5.97 Å². The fourth-order valence-corrected chi connectivity index (χ4v) is 3.56. The maximum absolute atomic E-state index is 10.9. The van der Waals surface area contributed by atoms with E-state index in [-0.39, 0.29) is 5.56 Å². The fourth-order valence-electron chi connectivity index (χ4n) is 3.56. The second-order valence-corrected chi connectivity index (χ2v) is 6.74. The van der Waals surface area contributed by atoms with Crippen LogP contribution in [0.1, 0.15) is 34.5 Å². The van der Waals surface area contributed by atoms with E-state index in [2.05, 4.69) is 44.9 Å². The van der Waals surface area contributed by atoms with Gasteiger partial charge in [-0.3, -0.25) is 4.90 Å². The van der Waals surface area contributed by atoms with Gasteiger partial charge in [0.05, 0.1) is 12.2 Å². The summed E-state index contributed by atoms with van der Waals surface area (Å²) in [5, 5.41) is 8.94. The van der Waals surface area contributed by atoms with Crippen molar-refractivity contribution in [2.24, 2.45) is 0 Å².